The first-order valence-electron chi connectivity index (χ1n) is 3.31. The summed E-state index contributed by atoms with van der Waals surface area (Å²) in [6.45, 7) is 2.34. The van der Waals surface area contributed by atoms with Gasteiger partial charge in [0, 0.05) is 12.6 Å². The Morgan fingerprint density at radius 3 is 2.60 bits per heavy atom. The Morgan fingerprint density at radius 2 is 2.20 bits per heavy atom. The van der Waals surface area contributed by atoms with Gasteiger partial charge in [-0.2, -0.15) is 0 Å². The van der Waals surface area contributed by atoms with E-state index in [2.05, 4.69) is 10.6 Å². The fourth-order valence-corrected chi connectivity index (χ4v) is 1.18. The van der Waals surface area contributed by atoms with Crippen LogP contribution in [0.4, 0.5) is 0 Å². The maximum Gasteiger partial charge on any atom is 0.0192 e. The minimum atomic E-state index is 0. The van der Waals surface area contributed by atoms with Crippen LogP contribution in [-0.2, 0) is 0 Å². The molecule has 0 aromatic heterocycles. The van der Waals surface area contributed by atoms with Crippen LogP contribution in [0.15, 0.2) is 0 Å². The molecule has 2 nitrogen and oxygen atoms in total. The molecule has 0 spiro atoms. The second-order valence-electron chi connectivity index (χ2n) is 2.35. The SMILES string of the molecule is CNCC1CCCN1.Cl.Cl. The van der Waals surface area contributed by atoms with Crippen molar-refractivity contribution in [3.8, 4) is 0 Å². The summed E-state index contributed by atoms with van der Waals surface area (Å²) in [7, 11) is 2.00. The quantitative estimate of drug-likeness (QED) is 0.668. The van der Waals surface area contributed by atoms with E-state index in [1.165, 1.54) is 19.4 Å². The van der Waals surface area contributed by atoms with Gasteiger partial charge in [0.2, 0.25) is 0 Å². The van der Waals surface area contributed by atoms with Gasteiger partial charge in [-0.1, -0.05) is 0 Å². The van der Waals surface area contributed by atoms with Crippen LogP contribution in [0.3, 0.4) is 0 Å². The summed E-state index contributed by atoms with van der Waals surface area (Å²) in [6.07, 6.45) is 2.70. The standard InChI is InChI=1S/C6H14N2.2ClH/c1-7-5-6-3-2-4-8-6;;/h6-8H,2-5H2,1H3;2*1H. The number of hydrogen-bond donors (Lipinski definition) is 2. The van der Waals surface area contributed by atoms with E-state index in [-0.39, 0.29) is 24.8 Å². The molecule has 0 bridgehead atoms. The summed E-state index contributed by atoms with van der Waals surface area (Å²) in [5, 5.41) is 6.54. The number of likely N-dealkylation sites (N-methyl/N-ethyl adjacent to an activating group) is 1. The van der Waals surface area contributed by atoms with Gasteiger partial charge >= 0.3 is 0 Å². The first kappa shape index (κ1) is 13.1. The molecule has 1 heterocycles. The second kappa shape index (κ2) is 7.61. The van der Waals surface area contributed by atoms with Gasteiger partial charge in [0.1, 0.15) is 0 Å². The van der Waals surface area contributed by atoms with Crippen molar-refractivity contribution in [3.63, 3.8) is 0 Å². The molecule has 1 saturated heterocycles. The summed E-state index contributed by atoms with van der Waals surface area (Å²) in [6, 6.07) is 0.750. The lowest BCUT2D eigenvalue weighted by molar-refractivity contribution is 0.568. The third-order valence-corrected chi connectivity index (χ3v) is 1.61. The number of halogens is 2. The molecule has 1 fully saturated rings. The first-order chi connectivity index (χ1) is 3.93. The normalized spacial score (nSPS) is 23.1. The average Bonchev–Trinajstić information content (AvgIpc) is 2.19. The fourth-order valence-electron chi connectivity index (χ4n) is 1.18. The Hall–Kier alpha value is 0.500. The first-order valence-corrected chi connectivity index (χ1v) is 3.31. The molecule has 0 aromatic rings. The summed E-state index contributed by atoms with van der Waals surface area (Å²) in [4.78, 5) is 0. The molecule has 4 heteroatoms. The van der Waals surface area contributed by atoms with Gasteiger partial charge in [-0.05, 0) is 26.4 Å². The fraction of sp³-hybridized carbons (Fsp3) is 1.00. The van der Waals surface area contributed by atoms with Gasteiger partial charge in [-0.15, -0.1) is 24.8 Å². The van der Waals surface area contributed by atoms with Gasteiger partial charge in [-0.3, -0.25) is 0 Å². The summed E-state index contributed by atoms with van der Waals surface area (Å²) < 4.78 is 0. The van der Waals surface area contributed by atoms with E-state index < -0.39 is 0 Å². The molecule has 1 unspecified atom stereocenters. The summed E-state index contributed by atoms with van der Waals surface area (Å²) in [5.74, 6) is 0. The topological polar surface area (TPSA) is 24.1 Å². The highest BCUT2D eigenvalue weighted by molar-refractivity contribution is 5.85. The van der Waals surface area contributed by atoms with E-state index in [0.29, 0.717) is 0 Å². The molecule has 1 aliphatic heterocycles. The van der Waals surface area contributed by atoms with Crippen molar-refractivity contribution in [1.82, 2.24) is 10.6 Å². The van der Waals surface area contributed by atoms with Crippen molar-refractivity contribution in [2.45, 2.75) is 18.9 Å². The number of nitrogens with one attached hydrogen (secondary N) is 2. The molecule has 0 amide bonds. The van der Waals surface area contributed by atoms with Crippen molar-refractivity contribution in [2.75, 3.05) is 20.1 Å². The molecular weight excluding hydrogens is 171 g/mol. The van der Waals surface area contributed by atoms with Crippen LogP contribution in [0.25, 0.3) is 0 Å². The van der Waals surface area contributed by atoms with Crippen LogP contribution >= 0.6 is 24.8 Å². The van der Waals surface area contributed by atoms with Gasteiger partial charge in [0.05, 0.1) is 0 Å². The predicted molar refractivity (Wildman–Crippen MR) is 49.4 cm³/mol. The molecule has 0 aliphatic carbocycles. The van der Waals surface area contributed by atoms with Crippen LogP contribution in [0.2, 0.25) is 0 Å². The van der Waals surface area contributed by atoms with Crippen LogP contribution in [0.5, 0.6) is 0 Å². The third-order valence-electron chi connectivity index (χ3n) is 1.61. The molecule has 2 N–H and O–H groups in total. The molecular formula is C6H16Cl2N2. The van der Waals surface area contributed by atoms with E-state index in [1.807, 2.05) is 7.05 Å². The summed E-state index contributed by atoms with van der Waals surface area (Å²) >= 11 is 0. The van der Waals surface area contributed by atoms with Gasteiger partial charge in [0.15, 0.2) is 0 Å². The number of hydrogen-bond acceptors (Lipinski definition) is 2. The zero-order valence-corrected chi connectivity index (χ0v) is 7.86. The van der Waals surface area contributed by atoms with Crippen LogP contribution in [-0.4, -0.2) is 26.2 Å². The van der Waals surface area contributed by atoms with E-state index in [0.717, 1.165) is 12.6 Å². The second-order valence-corrected chi connectivity index (χ2v) is 2.35. The van der Waals surface area contributed by atoms with Crippen molar-refractivity contribution in [2.24, 2.45) is 0 Å². The smallest absolute Gasteiger partial charge is 0.0192 e. The zero-order chi connectivity index (χ0) is 5.82. The molecule has 10 heavy (non-hydrogen) atoms. The molecule has 1 aliphatic rings. The highest BCUT2D eigenvalue weighted by Gasteiger charge is 2.11. The maximum absolute atomic E-state index is 3.40. The van der Waals surface area contributed by atoms with E-state index in [4.69, 9.17) is 0 Å². The highest BCUT2D eigenvalue weighted by Crippen LogP contribution is 2.02. The van der Waals surface area contributed by atoms with E-state index >= 15 is 0 Å². The maximum atomic E-state index is 3.40. The van der Waals surface area contributed by atoms with Crippen molar-refractivity contribution < 1.29 is 0 Å². The minimum Gasteiger partial charge on any atom is -0.318 e. The Morgan fingerprint density at radius 1 is 1.50 bits per heavy atom. The lowest BCUT2D eigenvalue weighted by Crippen LogP contribution is -2.31. The molecule has 0 aromatic carbocycles. The predicted octanol–water partition coefficient (Wildman–Crippen LogP) is 0.801. The van der Waals surface area contributed by atoms with Gasteiger partial charge < -0.3 is 10.6 Å². The average molecular weight is 187 g/mol. The van der Waals surface area contributed by atoms with Gasteiger partial charge in [0.25, 0.3) is 0 Å². The summed E-state index contributed by atoms with van der Waals surface area (Å²) in [5.41, 5.74) is 0. The Kier molecular flexibility index (Phi) is 9.97. The molecule has 1 atom stereocenters. The monoisotopic (exact) mass is 186 g/mol. The minimum absolute atomic E-state index is 0. The van der Waals surface area contributed by atoms with Gasteiger partial charge in [-0.25, -0.2) is 0 Å². The lowest BCUT2D eigenvalue weighted by atomic mass is 10.2. The van der Waals surface area contributed by atoms with Crippen LogP contribution in [0.1, 0.15) is 12.8 Å². The van der Waals surface area contributed by atoms with Crippen LogP contribution in [0, 0.1) is 0 Å². The zero-order valence-electron chi connectivity index (χ0n) is 6.22. The Bertz CT molecular complexity index is 64.8. The van der Waals surface area contributed by atoms with Crippen molar-refractivity contribution in [1.29, 1.82) is 0 Å². The number of rotatable bonds is 2. The third kappa shape index (κ3) is 4.34. The molecule has 0 saturated carbocycles. The molecule has 1 rings (SSSR count). The van der Waals surface area contributed by atoms with Crippen molar-refractivity contribution in [3.05, 3.63) is 0 Å². The molecule has 0 radical (unpaired) electrons. The van der Waals surface area contributed by atoms with Crippen molar-refractivity contribution >= 4 is 24.8 Å². The lowest BCUT2D eigenvalue weighted by Gasteiger charge is -2.06. The largest absolute Gasteiger partial charge is 0.318 e. The molecule has 64 valence electrons. The van der Waals surface area contributed by atoms with Crippen LogP contribution < -0.4 is 10.6 Å². The van der Waals surface area contributed by atoms with E-state index in [9.17, 15) is 0 Å². The Balaban J connectivity index is 0. The highest BCUT2D eigenvalue weighted by atomic mass is 35.5. The van der Waals surface area contributed by atoms with E-state index in [1.54, 1.807) is 0 Å². The Labute approximate surface area is 75.0 Å².